The number of hydrogen-bond acceptors (Lipinski definition) is 4. The molecule has 0 radical (unpaired) electrons. The van der Waals surface area contributed by atoms with Gasteiger partial charge in [-0.05, 0) is 49.8 Å². The number of nitrogens with one attached hydrogen (secondary N) is 1. The number of aromatic nitrogens is 3. The summed E-state index contributed by atoms with van der Waals surface area (Å²) in [6, 6.07) is 9.21. The summed E-state index contributed by atoms with van der Waals surface area (Å²) in [5.41, 5.74) is 3.14. The van der Waals surface area contributed by atoms with Crippen molar-refractivity contribution in [2.24, 2.45) is 0 Å². The first-order chi connectivity index (χ1) is 12.7. The average molecular weight is 353 g/mol. The summed E-state index contributed by atoms with van der Waals surface area (Å²) in [6.45, 7) is 1.91. The zero-order chi connectivity index (χ0) is 17.9. The summed E-state index contributed by atoms with van der Waals surface area (Å²) in [4.78, 5) is 14.6. The van der Waals surface area contributed by atoms with Crippen molar-refractivity contribution >= 4 is 5.91 Å². The molecule has 2 heterocycles. The fourth-order valence-electron chi connectivity index (χ4n) is 4.12. The van der Waals surface area contributed by atoms with E-state index < -0.39 is 0 Å². The lowest BCUT2D eigenvalue weighted by atomic mass is 10.0. The third kappa shape index (κ3) is 3.65. The molecule has 1 atom stereocenters. The summed E-state index contributed by atoms with van der Waals surface area (Å²) in [5, 5.41) is 11.8. The van der Waals surface area contributed by atoms with Crippen LogP contribution in [0.5, 0.6) is 0 Å². The number of carbonyl (C=O) groups excluding carboxylic acids is 1. The number of rotatable bonds is 5. The standard InChI is InChI=1S/C20H27N5O/c1-24(18-12-15-6-2-3-7-16(15)13-18)20(26)19-14-25(23-22-19)11-9-17-8-4-5-10-21-17/h2-3,6-7,14,17-18,21H,4-5,8-13H2,1H3/t17-/m0/s1. The van der Waals surface area contributed by atoms with E-state index in [2.05, 4.69) is 39.9 Å². The number of nitrogens with zero attached hydrogens (tertiary/aromatic N) is 4. The highest BCUT2D eigenvalue weighted by Gasteiger charge is 2.29. The number of carbonyl (C=O) groups is 1. The maximum Gasteiger partial charge on any atom is 0.276 e. The van der Waals surface area contributed by atoms with Crippen LogP contribution in [0.1, 0.15) is 47.3 Å². The van der Waals surface area contributed by atoms with Crippen LogP contribution in [0.15, 0.2) is 30.5 Å². The van der Waals surface area contributed by atoms with Gasteiger partial charge in [-0.1, -0.05) is 35.9 Å². The Morgan fingerprint density at radius 1 is 1.27 bits per heavy atom. The maximum absolute atomic E-state index is 12.8. The maximum atomic E-state index is 12.8. The fourth-order valence-corrected chi connectivity index (χ4v) is 4.12. The molecular formula is C20H27N5O. The summed E-state index contributed by atoms with van der Waals surface area (Å²) in [5.74, 6) is -0.0372. The Hall–Kier alpha value is -2.21. The highest BCUT2D eigenvalue weighted by Crippen LogP contribution is 2.25. The van der Waals surface area contributed by atoms with Gasteiger partial charge < -0.3 is 10.2 Å². The van der Waals surface area contributed by atoms with Crippen LogP contribution in [0.25, 0.3) is 0 Å². The molecule has 6 heteroatoms. The Kier molecular flexibility index (Phi) is 5.02. The minimum atomic E-state index is -0.0372. The van der Waals surface area contributed by atoms with E-state index in [1.807, 2.05) is 11.9 Å². The van der Waals surface area contributed by atoms with Gasteiger partial charge in [-0.15, -0.1) is 5.10 Å². The predicted octanol–water partition coefficient (Wildman–Crippen LogP) is 2.05. The van der Waals surface area contributed by atoms with Gasteiger partial charge >= 0.3 is 0 Å². The first-order valence-corrected chi connectivity index (χ1v) is 9.68. The van der Waals surface area contributed by atoms with E-state index in [4.69, 9.17) is 0 Å². The number of piperidine rings is 1. The van der Waals surface area contributed by atoms with Gasteiger partial charge in [0.15, 0.2) is 5.69 Å². The molecule has 2 aliphatic rings. The third-order valence-corrected chi connectivity index (χ3v) is 5.77. The van der Waals surface area contributed by atoms with Crippen molar-refractivity contribution in [2.45, 2.75) is 57.2 Å². The van der Waals surface area contributed by atoms with Crippen molar-refractivity contribution in [1.82, 2.24) is 25.2 Å². The van der Waals surface area contributed by atoms with E-state index in [9.17, 15) is 4.79 Å². The second kappa shape index (κ2) is 7.58. The van der Waals surface area contributed by atoms with Crippen LogP contribution in [-0.4, -0.2) is 51.5 Å². The molecule has 1 saturated heterocycles. The van der Waals surface area contributed by atoms with Gasteiger partial charge in [0.25, 0.3) is 5.91 Å². The summed E-state index contributed by atoms with van der Waals surface area (Å²) < 4.78 is 1.81. The van der Waals surface area contributed by atoms with Gasteiger partial charge in [-0.3, -0.25) is 9.48 Å². The third-order valence-electron chi connectivity index (χ3n) is 5.77. The number of benzene rings is 1. The van der Waals surface area contributed by atoms with Gasteiger partial charge in [0, 0.05) is 25.7 Å². The lowest BCUT2D eigenvalue weighted by Gasteiger charge is -2.23. The normalized spacial score (nSPS) is 20.1. The van der Waals surface area contributed by atoms with Crippen LogP contribution in [0.3, 0.4) is 0 Å². The van der Waals surface area contributed by atoms with E-state index in [0.717, 1.165) is 32.4 Å². The first kappa shape index (κ1) is 17.2. The van der Waals surface area contributed by atoms with Crippen LogP contribution >= 0.6 is 0 Å². The zero-order valence-corrected chi connectivity index (χ0v) is 15.4. The lowest BCUT2D eigenvalue weighted by Crippen LogP contribution is -2.37. The molecule has 1 aliphatic heterocycles. The van der Waals surface area contributed by atoms with Crippen LogP contribution in [0.2, 0.25) is 0 Å². The summed E-state index contributed by atoms with van der Waals surface area (Å²) >= 11 is 0. The number of likely N-dealkylation sites (N-methyl/N-ethyl adjacent to an activating group) is 1. The molecule has 0 spiro atoms. The van der Waals surface area contributed by atoms with Crippen molar-refractivity contribution in [1.29, 1.82) is 0 Å². The smallest absolute Gasteiger partial charge is 0.276 e. The molecule has 0 saturated carbocycles. The molecule has 1 aromatic carbocycles. The molecule has 1 N–H and O–H groups in total. The van der Waals surface area contributed by atoms with E-state index in [-0.39, 0.29) is 11.9 Å². The van der Waals surface area contributed by atoms with Gasteiger partial charge in [0.1, 0.15) is 0 Å². The molecule has 4 rings (SSSR count). The van der Waals surface area contributed by atoms with Crippen LogP contribution in [0, 0.1) is 0 Å². The molecule has 1 fully saturated rings. The quantitative estimate of drug-likeness (QED) is 0.894. The molecule has 0 unspecified atom stereocenters. The van der Waals surface area contributed by atoms with E-state index in [0.29, 0.717) is 11.7 Å². The van der Waals surface area contributed by atoms with Gasteiger partial charge in [-0.2, -0.15) is 0 Å². The number of aryl methyl sites for hydroxylation is 1. The Balaban J connectivity index is 1.34. The van der Waals surface area contributed by atoms with Crippen LogP contribution in [-0.2, 0) is 19.4 Å². The minimum absolute atomic E-state index is 0.0372. The molecule has 26 heavy (non-hydrogen) atoms. The Morgan fingerprint density at radius 3 is 2.73 bits per heavy atom. The molecule has 1 amide bonds. The SMILES string of the molecule is CN(C(=O)c1cn(CC[C@@H]2CCCCN2)nn1)C1Cc2ccccc2C1. The first-order valence-electron chi connectivity index (χ1n) is 9.68. The minimum Gasteiger partial charge on any atom is -0.337 e. The largest absolute Gasteiger partial charge is 0.337 e. The van der Waals surface area contributed by atoms with Crippen molar-refractivity contribution in [3.8, 4) is 0 Å². The zero-order valence-electron chi connectivity index (χ0n) is 15.4. The Morgan fingerprint density at radius 2 is 2.04 bits per heavy atom. The molecule has 0 bridgehead atoms. The molecule has 2 aromatic rings. The van der Waals surface area contributed by atoms with E-state index in [1.54, 1.807) is 10.9 Å². The molecule has 1 aliphatic carbocycles. The lowest BCUT2D eigenvalue weighted by molar-refractivity contribution is 0.0731. The van der Waals surface area contributed by atoms with Crippen LogP contribution in [0.4, 0.5) is 0 Å². The molecule has 1 aromatic heterocycles. The second-order valence-electron chi connectivity index (χ2n) is 7.55. The Labute approximate surface area is 154 Å². The summed E-state index contributed by atoms with van der Waals surface area (Å²) in [6.07, 6.45) is 8.46. The summed E-state index contributed by atoms with van der Waals surface area (Å²) in [7, 11) is 1.88. The average Bonchev–Trinajstić information content (AvgIpc) is 3.33. The molecule has 6 nitrogen and oxygen atoms in total. The molecular weight excluding hydrogens is 326 g/mol. The fraction of sp³-hybridized carbons (Fsp3) is 0.550. The number of hydrogen-bond donors (Lipinski definition) is 1. The van der Waals surface area contributed by atoms with Gasteiger partial charge in [-0.25, -0.2) is 0 Å². The predicted molar refractivity (Wildman–Crippen MR) is 100 cm³/mol. The van der Waals surface area contributed by atoms with Gasteiger partial charge in [0.2, 0.25) is 0 Å². The molecule has 138 valence electrons. The highest BCUT2D eigenvalue weighted by molar-refractivity contribution is 5.92. The van der Waals surface area contributed by atoms with Crippen molar-refractivity contribution < 1.29 is 4.79 Å². The van der Waals surface area contributed by atoms with Crippen molar-refractivity contribution in [3.05, 3.63) is 47.3 Å². The Bertz CT molecular complexity index is 740. The monoisotopic (exact) mass is 353 g/mol. The second-order valence-corrected chi connectivity index (χ2v) is 7.55. The van der Waals surface area contributed by atoms with Gasteiger partial charge in [0.05, 0.1) is 6.20 Å². The van der Waals surface area contributed by atoms with Crippen LogP contribution < -0.4 is 5.32 Å². The van der Waals surface area contributed by atoms with Crippen molar-refractivity contribution in [3.63, 3.8) is 0 Å². The van der Waals surface area contributed by atoms with Crippen molar-refractivity contribution in [2.75, 3.05) is 13.6 Å². The number of amides is 1. The topological polar surface area (TPSA) is 63.1 Å². The van der Waals surface area contributed by atoms with E-state index >= 15 is 0 Å². The number of fused-ring (bicyclic) bond motifs is 1. The highest BCUT2D eigenvalue weighted by atomic mass is 16.2. The van der Waals surface area contributed by atoms with E-state index in [1.165, 1.54) is 30.4 Å².